The molecule has 1 N–H and O–H groups in total. The van der Waals surface area contributed by atoms with Crippen molar-refractivity contribution in [2.75, 3.05) is 27.2 Å². The summed E-state index contributed by atoms with van der Waals surface area (Å²) in [4.78, 5) is 12.5. The molecule has 1 aliphatic rings. The van der Waals surface area contributed by atoms with E-state index >= 15 is 0 Å². The number of carbonyl (C=O) groups is 1. The molecule has 1 aromatic carbocycles. The van der Waals surface area contributed by atoms with Gasteiger partial charge < -0.3 is 5.32 Å². The first-order valence-electron chi connectivity index (χ1n) is 8.82. The second kappa shape index (κ2) is 8.29. The van der Waals surface area contributed by atoms with Crippen molar-refractivity contribution in [2.45, 2.75) is 39.2 Å². The quantitative estimate of drug-likeness (QED) is 0.835. The number of hydrogen-bond acceptors (Lipinski definition) is 3. The largest absolute Gasteiger partial charge is 0.349 e. The Labute approximate surface area is 151 Å². The van der Waals surface area contributed by atoms with Crippen LogP contribution in [0.3, 0.4) is 0 Å². The first kappa shape index (κ1) is 19.9. The van der Waals surface area contributed by atoms with Gasteiger partial charge in [0.15, 0.2) is 0 Å². The second-order valence-corrected chi connectivity index (χ2v) is 8.93. The van der Waals surface area contributed by atoms with Gasteiger partial charge >= 0.3 is 0 Å². The van der Waals surface area contributed by atoms with Crippen LogP contribution in [0.4, 0.5) is 0 Å². The smallest absolute Gasteiger partial charge is 0.281 e. The van der Waals surface area contributed by atoms with Gasteiger partial charge in [-0.3, -0.25) is 4.79 Å². The van der Waals surface area contributed by atoms with E-state index in [1.807, 2.05) is 6.92 Å². The minimum atomic E-state index is -3.39. The molecule has 1 aromatic rings. The summed E-state index contributed by atoms with van der Waals surface area (Å²) in [5.74, 6) is -0.125. The van der Waals surface area contributed by atoms with Gasteiger partial charge in [-0.15, -0.1) is 0 Å². The standard InChI is InChI=1S/C18H29N3O3S/c1-5-15-6-8-16(9-7-15)14(2)19-18(22)17-10-12-21(13-11-17)25(23,24)20(3)4/h6-9,14,17H,5,10-13H2,1-4H3,(H,19,22). The maximum Gasteiger partial charge on any atom is 0.281 e. The zero-order chi connectivity index (χ0) is 18.6. The van der Waals surface area contributed by atoms with Gasteiger partial charge in [-0.05, 0) is 37.3 Å². The van der Waals surface area contributed by atoms with Gasteiger partial charge in [0.1, 0.15) is 0 Å². The molecular weight excluding hydrogens is 338 g/mol. The molecule has 0 spiro atoms. The molecule has 0 aromatic heterocycles. The number of benzene rings is 1. The number of carbonyl (C=O) groups excluding carboxylic acids is 1. The van der Waals surface area contributed by atoms with Crippen LogP contribution in [0.5, 0.6) is 0 Å². The molecule has 1 amide bonds. The monoisotopic (exact) mass is 367 g/mol. The summed E-state index contributed by atoms with van der Waals surface area (Å²) in [6, 6.07) is 8.22. The van der Waals surface area contributed by atoms with E-state index in [0.717, 1.165) is 12.0 Å². The highest BCUT2D eigenvalue weighted by molar-refractivity contribution is 7.86. The Hall–Kier alpha value is -1.44. The summed E-state index contributed by atoms with van der Waals surface area (Å²) in [6.07, 6.45) is 2.11. The second-order valence-electron chi connectivity index (χ2n) is 6.79. The molecule has 7 heteroatoms. The SMILES string of the molecule is CCc1ccc(C(C)NC(=O)C2CCN(S(=O)(=O)N(C)C)CC2)cc1. The zero-order valence-electron chi connectivity index (χ0n) is 15.5. The van der Waals surface area contributed by atoms with Gasteiger partial charge in [-0.1, -0.05) is 31.2 Å². The van der Waals surface area contributed by atoms with Crippen LogP contribution in [0.15, 0.2) is 24.3 Å². The van der Waals surface area contributed by atoms with E-state index in [4.69, 9.17) is 0 Å². The fraction of sp³-hybridized carbons (Fsp3) is 0.611. The van der Waals surface area contributed by atoms with Crippen LogP contribution in [0.25, 0.3) is 0 Å². The van der Waals surface area contributed by atoms with Crippen LogP contribution in [-0.2, 0) is 21.4 Å². The van der Waals surface area contributed by atoms with E-state index in [1.165, 1.54) is 28.3 Å². The maximum atomic E-state index is 12.5. The Morgan fingerprint density at radius 2 is 1.80 bits per heavy atom. The normalized spacial score (nSPS) is 18.3. The Kier molecular flexibility index (Phi) is 6.59. The van der Waals surface area contributed by atoms with Crippen LogP contribution in [0, 0.1) is 5.92 Å². The van der Waals surface area contributed by atoms with Crippen molar-refractivity contribution in [1.29, 1.82) is 0 Å². The lowest BCUT2D eigenvalue weighted by Crippen LogP contribution is -2.47. The molecule has 0 bridgehead atoms. The van der Waals surface area contributed by atoms with Crippen molar-refractivity contribution < 1.29 is 13.2 Å². The molecule has 1 fully saturated rings. The number of hydrogen-bond donors (Lipinski definition) is 1. The number of rotatable bonds is 6. The molecule has 1 aliphatic heterocycles. The highest BCUT2D eigenvalue weighted by Crippen LogP contribution is 2.22. The molecule has 0 aliphatic carbocycles. The molecule has 0 saturated carbocycles. The summed E-state index contributed by atoms with van der Waals surface area (Å²) in [7, 11) is -0.332. The van der Waals surface area contributed by atoms with Gasteiger partial charge in [0, 0.05) is 33.1 Å². The van der Waals surface area contributed by atoms with Crippen LogP contribution in [0.1, 0.15) is 43.9 Å². The zero-order valence-corrected chi connectivity index (χ0v) is 16.3. The summed E-state index contributed by atoms with van der Waals surface area (Å²) in [6.45, 7) is 4.86. The Morgan fingerprint density at radius 1 is 1.24 bits per heavy atom. The first-order valence-corrected chi connectivity index (χ1v) is 10.2. The Bertz CT molecular complexity index is 678. The van der Waals surface area contributed by atoms with Crippen molar-refractivity contribution in [3.63, 3.8) is 0 Å². The number of amides is 1. The molecule has 1 atom stereocenters. The van der Waals surface area contributed by atoms with Crippen molar-refractivity contribution in [2.24, 2.45) is 5.92 Å². The van der Waals surface area contributed by atoms with E-state index < -0.39 is 10.2 Å². The minimum absolute atomic E-state index is 0.00830. The first-order chi connectivity index (χ1) is 11.8. The van der Waals surface area contributed by atoms with Gasteiger partial charge in [0.25, 0.3) is 10.2 Å². The molecule has 0 radical (unpaired) electrons. The molecule has 140 valence electrons. The molecular formula is C18H29N3O3S. The Balaban J connectivity index is 1.89. The predicted octanol–water partition coefficient (Wildman–Crippen LogP) is 1.94. The third-order valence-corrected chi connectivity index (χ3v) is 6.80. The molecule has 1 saturated heterocycles. The van der Waals surface area contributed by atoms with E-state index in [9.17, 15) is 13.2 Å². The molecule has 6 nitrogen and oxygen atoms in total. The molecule has 25 heavy (non-hydrogen) atoms. The molecule has 1 unspecified atom stereocenters. The summed E-state index contributed by atoms with van der Waals surface area (Å²) >= 11 is 0. The fourth-order valence-corrected chi connectivity index (χ4v) is 4.17. The number of nitrogens with zero attached hydrogens (tertiary/aromatic N) is 2. The highest BCUT2D eigenvalue weighted by Gasteiger charge is 2.32. The lowest BCUT2D eigenvalue weighted by atomic mass is 9.96. The third kappa shape index (κ3) is 4.80. The van der Waals surface area contributed by atoms with E-state index in [2.05, 4.69) is 36.5 Å². The molecule has 1 heterocycles. The lowest BCUT2D eigenvalue weighted by molar-refractivity contribution is -0.126. The maximum absolute atomic E-state index is 12.5. The number of piperidine rings is 1. The van der Waals surface area contributed by atoms with Crippen molar-refractivity contribution in [1.82, 2.24) is 13.9 Å². The van der Waals surface area contributed by atoms with Crippen molar-refractivity contribution in [3.05, 3.63) is 35.4 Å². The highest BCUT2D eigenvalue weighted by atomic mass is 32.2. The average molecular weight is 368 g/mol. The van der Waals surface area contributed by atoms with E-state index in [0.29, 0.717) is 25.9 Å². The van der Waals surface area contributed by atoms with Gasteiger partial charge in [-0.25, -0.2) is 0 Å². The summed E-state index contributed by atoms with van der Waals surface area (Å²) in [5.41, 5.74) is 2.36. The summed E-state index contributed by atoms with van der Waals surface area (Å²) < 4.78 is 26.9. The van der Waals surface area contributed by atoms with Crippen LogP contribution >= 0.6 is 0 Å². The van der Waals surface area contributed by atoms with Gasteiger partial charge in [-0.2, -0.15) is 17.0 Å². The van der Waals surface area contributed by atoms with Gasteiger partial charge in [0.2, 0.25) is 5.91 Å². The number of aryl methyl sites for hydroxylation is 1. The third-order valence-electron chi connectivity index (χ3n) is 4.86. The average Bonchev–Trinajstić information content (AvgIpc) is 2.61. The molecule has 2 rings (SSSR count). The van der Waals surface area contributed by atoms with Crippen LogP contribution < -0.4 is 5.32 Å². The van der Waals surface area contributed by atoms with Crippen LogP contribution in [0.2, 0.25) is 0 Å². The minimum Gasteiger partial charge on any atom is -0.349 e. The van der Waals surface area contributed by atoms with E-state index in [1.54, 1.807) is 0 Å². The van der Waals surface area contributed by atoms with E-state index in [-0.39, 0.29) is 17.9 Å². The Morgan fingerprint density at radius 3 is 2.28 bits per heavy atom. The number of nitrogens with one attached hydrogen (secondary N) is 1. The van der Waals surface area contributed by atoms with Crippen LogP contribution in [-0.4, -0.2) is 50.1 Å². The van der Waals surface area contributed by atoms with Crippen molar-refractivity contribution >= 4 is 16.1 Å². The fourth-order valence-electron chi connectivity index (χ4n) is 3.04. The topological polar surface area (TPSA) is 69.7 Å². The van der Waals surface area contributed by atoms with Gasteiger partial charge in [0.05, 0.1) is 6.04 Å². The van der Waals surface area contributed by atoms with Crippen molar-refractivity contribution in [3.8, 4) is 0 Å². The lowest BCUT2D eigenvalue weighted by Gasteiger charge is -2.32. The summed E-state index contributed by atoms with van der Waals surface area (Å²) in [5, 5.41) is 3.06. The predicted molar refractivity (Wildman–Crippen MR) is 99.3 cm³/mol.